The standard InChI is InChI=1S/C13H18FNOS/c1-8(2)15-12-7-9(3)17(16)13-10(12)5-4-6-11(13)14/h4-6,8-9,12,15H,7H2,1-3H3. The second kappa shape index (κ2) is 4.86. The largest absolute Gasteiger partial charge is 0.308 e. The highest BCUT2D eigenvalue weighted by Crippen LogP contribution is 2.35. The van der Waals surface area contributed by atoms with Crippen molar-refractivity contribution in [2.24, 2.45) is 0 Å². The molecule has 3 atom stereocenters. The first-order chi connectivity index (χ1) is 8.00. The van der Waals surface area contributed by atoms with Gasteiger partial charge in [-0.05, 0) is 18.1 Å². The Morgan fingerprint density at radius 1 is 1.47 bits per heavy atom. The van der Waals surface area contributed by atoms with E-state index >= 15 is 0 Å². The maximum absolute atomic E-state index is 13.8. The Labute approximate surface area is 104 Å². The van der Waals surface area contributed by atoms with Crippen LogP contribution in [-0.4, -0.2) is 15.5 Å². The predicted octanol–water partition coefficient (Wildman–Crippen LogP) is 2.76. The molecule has 1 N–H and O–H groups in total. The molecule has 0 radical (unpaired) electrons. The summed E-state index contributed by atoms with van der Waals surface area (Å²) in [5.74, 6) is -0.345. The van der Waals surface area contributed by atoms with Crippen molar-refractivity contribution in [1.82, 2.24) is 5.32 Å². The molecule has 0 saturated carbocycles. The maximum Gasteiger partial charge on any atom is 0.139 e. The molecule has 0 bridgehead atoms. The van der Waals surface area contributed by atoms with Crippen LogP contribution in [0.25, 0.3) is 0 Å². The Morgan fingerprint density at radius 3 is 2.82 bits per heavy atom. The topological polar surface area (TPSA) is 29.1 Å². The lowest BCUT2D eigenvalue weighted by Gasteiger charge is -2.31. The summed E-state index contributed by atoms with van der Waals surface area (Å²) in [4.78, 5) is 0.393. The Bertz CT molecular complexity index is 447. The molecule has 0 fully saturated rings. The first-order valence-corrected chi connectivity index (χ1v) is 7.17. The van der Waals surface area contributed by atoms with E-state index in [1.807, 2.05) is 13.0 Å². The summed E-state index contributed by atoms with van der Waals surface area (Å²) in [6.45, 7) is 6.05. The number of hydrogen-bond donors (Lipinski definition) is 1. The quantitative estimate of drug-likeness (QED) is 0.880. The molecule has 1 aliphatic rings. The van der Waals surface area contributed by atoms with E-state index in [1.165, 1.54) is 6.07 Å². The van der Waals surface area contributed by atoms with Crippen LogP contribution in [0.4, 0.5) is 4.39 Å². The molecular formula is C13H18FNOS. The summed E-state index contributed by atoms with van der Waals surface area (Å²) in [5, 5.41) is 3.41. The fourth-order valence-electron chi connectivity index (χ4n) is 2.32. The van der Waals surface area contributed by atoms with Gasteiger partial charge in [0.25, 0.3) is 0 Å². The summed E-state index contributed by atoms with van der Waals surface area (Å²) in [7, 11) is -1.22. The highest BCUT2D eigenvalue weighted by atomic mass is 32.2. The molecule has 2 rings (SSSR count). The predicted molar refractivity (Wildman–Crippen MR) is 67.9 cm³/mol. The first-order valence-electron chi connectivity index (χ1n) is 5.95. The van der Waals surface area contributed by atoms with Gasteiger partial charge in [0, 0.05) is 17.3 Å². The van der Waals surface area contributed by atoms with Crippen molar-refractivity contribution in [3.05, 3.63) is 29.6 Å². The van der Waals surface area contributed by atoms with Gasteiger partial charge < -0.3 is 5.32 Å². The SMILES string of the molecule is CC(C)NC1CC(C)S(=O)c2c(F)cccc21. The van der Waals surface area contributed by atoms with Crippen LogP contribution in [-0.2, 0) is 10.8 Å². The van der Waals surface area contributed by atoms with Crippen molar-refractivity contribution in [2.45, 2.75) is 49.4 Å². The van der Waals surface area contributed by atoms with E-state index in [-0.39, 0.29) is 17.1 Å². The van der Waals surface area contributed by atoms with E-state index in [0.717, 1.165) is 12.0 Å². The molecular weight excluding hydrogens is 237 g/mol. The average Bonchev–Trinajstić information content (AvgIpc) is 2.24. The van der Waals surface area contributed by atoms with Crippen LogP contribution in [0.5, 0.6) is 0 Å². The molecule has 0 spiro atoms. The van der Waals surface area contributed by atoms with Gasteiger partial charge in [0.05, 0.1) is 15.7 Å². The zero-order chi connectivity index (χ0) is 12.6. The lowest BCUT2D eigenvalue weighted by molar-refractivity contribution is 0.430. The lowest BCUT2D eigenvalue weighted by Crippen LogP contribution is -2.35. The monoisotopic (exact) mass is 255 g/mol. The molecule has 3 unspecified atom stereocenters. The minimum Gasteiger partial charge on any atom is -0.308 e. The van der Waals surface area contributed by atoms with E-state index in [1.54, 1.807) is 6.07 Å². The lowest BCUT2D eigenvalue weighted by atomic mass is 10.0. The molecule has 94 valence electrons. The average molecular weight is 255 g/mol. The molecule has 0 aliphatic carbocycles. The van der Waals surface area contributed by atoms with Gasteiger partial charge in [-0.15, -0.1) is 0 Å². The second-order valence-corrected chi connectivity index (χ2v) is 6.68. The summed E-state index contributed by atoms with van der Waals surface area (Å²) < 4.78 is 25.9. The van der Waals surface area contributed by atoms with Gasteiger partial charge >= 0.3 is 0 Å². The number of halogens is 1. The highest BCUT2D eigenvalue weighted by Gasteiger charge is 2.32. The van der Waals surface area contributed by atoms with Gasteiger partial charge in [0.15, 0.2) is 0 Å². The van der Waals surface area contributed by atoms with E-state index in [2.05, 4.69) is 19.2 Å². The molecule has 1 aromatic rings. The third-order valence-corrected chi connectivity index (χ3v) is 4.80. The zero-order valence-corrected chi connectivity index (χ0v) is 11.2. The summed E-state index contributed by atoms with van der Waals surface area (Å²) in [6, 6.07) is 5.39. The fraction of sp³-hybridized carbons (Fsp3) is 0.538. The summed E-state index contributed by atoms with van der Waals surface area (Å²) in [6.07, 6.45) is 0.793. The normalized spacial score (nSPS) is 28.2. The fourth-order valence-corrected chi connectivity index (χ4v) is 3.79. The first kappa shape index (κ1) is 12.7. The van der Waals surface area contributed by atoms with Gasteiger partial charge in [0.1, 0.15) is 5.82 Å². The highest BCUT2D eigenvalue weighted by molar-refractivity contribution is 7.85. The van der Waals surface area contributed by atoms with Crippen LogP contribution in [0.3, 0.4) is 0 Å². The van der Waals surface area contributed by atoms with E-state index in [0.29, 0.717) is 10.9 Å². The molecule has 4 heteroatoms. The van der Waals surface area contributed by atoms with Gasteiger partial charge in [-0.25, -0.2) is 4.39 Å². The molecule has 17 heavy (non-hydrogen) atoms. The minimum absolute atomic E-state index is 0.00403. The smallest absolute Gasteiger partial charge is 0.139 e. The number of hydrogen-bond acceptors (Lipinski definition) is 2. The molecule has 1 heterocycles. The Morgan fingerprint density at radius 2 is 2.18 bits per heavy atom. The van der Waals surface area contributed by atoms with Crippen molar-refractivity contribution in [2.75, 3.05) is 0 Å². The Kier molecular flexibility index (Phi) is 3.64. The van der Waals surface area contributed by atoms with Crippen molar-refractivity contribution in [1.29, 1.82) is 0 Å². The van der Waals surface area contributed by atoms with Crippen LogP contribution in [0.15, 0.2) is 23.1 Å². The number of nitrogens with one attached hydrogen (secondary N) is 1. The van der Waals surface area contributed by atoms with Crippen molar-refractivity contribution in [3.63, 3.8) is 0 Å². The van der Waals surface area contributed by atoms with Crippen LogP contribution in [0.2, 0.25) is 0 Å². The molecule has 0 aromatic heterocycles. The third kappa shape index (κ3) is 2.43. The van der Waals surface area contributed by atoms with E-state index in [9.17, 15) is 8.60 Å². The molecule has 1 aliphatic heterocycles. The third-order valence-electron chi connectivity index (χ3n) is 3.04. The van der Waals surface area contributed by atoms with Crippen molar-refractivity contribution < 1.29 is 8.60 Å². The van der Waals surface area contributed by atoms with Crippen molar-refractivity contribution >= 4 is 10.8 Å². The van der Waals surface area contributed by atoms with Crippen LogP contribution in [0, 0.1) is 5.82 Å². The molecule has 0 amide bonds. The summed E-state index contributed by atoms with van der Waals surface area (Å²) >= 11 is 0. The second-order valence-electron chi connectivity index (χ2n) is 4.88. The molecule has 1 aromatic carbocycles. The van der Waals surface area contributed by atoms with Gasteiger partial charge in [-0.2, -0.15) is 0 Å². The Hall–Kier alpha value is -0.740. The van der Waals surface area contributed by atoms with E-state index in [4.69, 9.17) is 0 Å². The van der Waals surface area contributed by atoms with Crippen LogP contribution < -0.4 is 5.32 Å². The number of rotatable bonds is 2. The molecule has 2 nitrogen and oxygen atoms in total. The molecule has 0 saturated heterocycles. The van der Waals surface area contributed by atoms with Gasteiger partial charge in [-0.1, -0.05) is 32.9 Å². The Balaban J connectivity index is 2.46. The van der Waals surface area contributed by atoms with Crippen LogP contribution >= 0.6 is 0 Å². The maximum atomic E-state index is 13.8. The number of benzene rings is 1. The van der Waals surface area contributed by atoms with Gasteiger partial charge in [0.2, 0.25) is 0 Å². The van der Waals surface area contributed by atoms with Crippen LogP contribution in [0.1, 0.15) is 38.8 Å². The van der Waals surface area contributed by atoms with Gasteiger partial charge in [-0.3, -0.25) is 4.21 Å². The van der Waals surface area contributed by atoms with Crippen molar-refractivity contribution in [3.8, 4) is 0 Å². The minimum atomic E-state index is -1.22. The summed E-state index contributed by atoms with van der Waals surface area (Å²) in [5.41, 5.74) is 0.857. The number of fused-ring (bicyclic) bond motifs is 1. The zero-order valence-electron chi connectivity index (χ0n) is 10.4. The van der Waals surface area contributed by atoms with E-state index < -0.39 is 10.8 Å².